The van der Waals surface area contributed by atoms with Gasteiger partial charge in [-0.15, -0.1) is 0 Å². The highest BCUT2D eigenvalue weighted by Gasteiger charge is 2.38. The molecule has 0 amide bonds. The molecular weight excluding hydrogens is 228 g/mol. The second-order valence-electron chi connectivity index (χ2n) is 4.77. The molecule has 0 spiro atoms. The summed E-state index contributed by atoms with van der Waals surface area (Å²) in [6, 6.07) is 8.00. The Morgan fingerprint density at radius 1 is 1.33 bits per heavy atom. The molecule has 0 bridgehead atoms. The summed E-state index contributed by atoms with van der Waals surface area (Å²) in [6.07, 6.45) is 3.51. The minimum absolute atomic E-state index is 0.250. The monoisotopic (exact) mass is 244 g/mol. The van der Waals surface area contributed by atoms with Gasteiger partial charge in [-0.3, -0.25) is 15.8 Å². The molecule has 0 fully saturated rings. The largest absolute Gasteiger partial charge is 0.295 e. The van der Waals surface area contributed by atoms with Gasteiger partial charge >= 0.3 is 0 Å². The van der Waals surface area contributed by atoms with Gasteiger partial charge in [0, 0.05) is 11.0 Å². The van der Waals surface area contributed by atoms with Gasteiger partial charge in [0.15, 0.2) is 0 Å². The third kappa shape index (κ3) is 2.07. The van der Waals surface area contributed by atoms with E-state index in [4.69, 9.17) is 5.73 Å². The lowest BCUT2D eigenvalue weighted by molar-refractivity contribution is -0.553. The summed E-state index contributed by atoms with van der Waals surface area (Å²) in [4.78, 5) is 10.5. The van der Waals surface area contributed by atoms with Gasteiger partial charge in [0.2, 0.25) is 0 Å². The average molecular weight is 244 g/mol. The first-order valence-corrected chi connectivity index (χ1v) is 5.82. The van der Waals surface area contributed by atoms with E-state index in [0.29, 0.717) is 0 Å². The quantitative estimate of drug-likeness (QED) is 0.494. The summed E-state index contributed by atoms with van der Waals surface area (Å²) in [7, 11) is 0. The van der Waals surface area contributed by atoms with Crippen molar-refractivity contribution in [3.8, 4) is 0 Å². The molecule has 1 atom stereocenters. The maximum Gasteiger partial charge on any atom is 0.295 e. The second-order valence-corrected chi connectivity index (χ2v) is 4.77. The van der Waals surface area contributed by atoms with Crippen LogP contribution < -0.4 is 5.73 Å². The standard InChI is InChI=1S/C14H16N2O2/c1-10-5-3-4-6-12(10)13-7-8-14(15,16(17)18)9-11(13)2/h3-8H,9,15H2,1-2H3. The average Bonchev–Trinajstić information content (AvgIpc) is 2.30. The molecule has 2 rings (SSSR count). The highest BCUT2D eigenvalue weighted by molar-refractivity contribution is 5.79. The zero-order chi connectivity index (χ0) is 13.3. The SMILES string of the molecule is CC1=C(c2ccccc2C)C=CC(N)([N+](=O)[O-])C1. The zero-order valence-corrected chi connectivity index (χ0v) is 10.5. The number of aryl methyl sites for hydroxylation is 1. The van der Waals surface area contributed by atoms with Gasteiger partial charge in [0.05, 0.1) is 6.42 Å². The molecular formula is C14H16N2O2. The topological polar surface area (TPSA) is 69.2 Å². The van der Waals surface area contributed by atoms with Crippen molar-refractivity contribution in [2.24, 2.45) is 5.73 Å². The van der Waals surface area contributed by atoms with Crippen molar-refractivity contribution in [3.05, 3.63) is 63.2 Å². The van der Waals surface area contributed by atoms with Gasteiger partial charge in [-0.25, -0.2) is 0 Å². The van der Waals surface area contributed by atoms with Gasteiger partial charge in [-0.2, -0.15) is 0 Å². The predicted octanol–water partition coefficient (Wildman–Crippen LogP) is 2.66. The third-order valence-electron chi connectivity index (χ3n) is 3.32. The third-order valence-corrected chi connectivity index (χ3v) is 3.32. The van der Waals surface area contributed by atoms with Crippen LogP contribution in [-0.4, -0.2) is 10.6 Å². The van der Waals surface area contributed by atoms with Crippen molar-refractivity contribution in [1.82, 2.24) is 0 Å². The Labute approximate surface area is 106 Å². The maximum atomic E-state index is 10.9. The molecule has 1 unspecified atom stereocenters. The van der Waals surface area contributed by atoms with Crippen LogP contribution in [0.3, 0.4) is 0 Å². The molecule has 1 aromatic carbocycles. The minimum Gasteiger partial charge on any atom is -0.262 e. The van der Waals surface area contributed by atoms with Crippen LogP contribution in [-0.2, 0) is 0 Å². The summed E-state index contributed by atoms with van der Waals surface area (Å²) in [5, 5.41) is 10.9. The number of hydrogen-bond acceptors (Lipinski definition) is 3. The van der Waals surface area contributed by atoms with E-state index in [1.807, 2.05) is 38.1 Å². The van der Waals surface area contributed by atoms with E-state index < -0.39 is 10.6 Å². The molecule has 0 saturated carbocycles. The first-order valence-electron chi connectivity index (χ1n) is 5.82. The Morgan fingerprint density at radius 3 is 2.56 bits per heavy atom. The van der Waals surface area contributed by atoms with Crippen LogP contribution in [0.2, 0.25) is 0 Å². The smallest absolute Gasteiger partial charge is 0.262 e. The summed E-state index contributed by atoms with van der Waals surface area (Å²) in [6.45, 7) is 3.93. The van der Waals surface area contributed by atoms with E-state index in [1.54, 1.807) is 6.08 Å². The lowest BCUT2D eigenvalue weighted by Gasteiger charge is -2.23. The molecule has 4 heteroatoms. The van der Waals surface area contributed by atoms with Crippen molar-refractivity contribution < 1.29 is 4.92 Å². The molecule has 0 radical (unpaired) electrons. The molecule has 0 aliphatic heterocycles. The van der Waals surface area contributed by atoms with Gasteiger partial charge in [0.25, 0.3) is 5.66 Å². The molecule has 1 aliphatic carbocycles. The maximum absolute atomic E-state index is 10.9. The molecule has 18 heavy (non-hydrogen) atoms. The number of nitro groups is 1. The summed E-state index contributed by atoms with van der Waals surface area (Å²) >= 11 is 0. The number of rotatable bonds is 2. The number of hydrogen-bond donors (Lipinski definition) is 1. The van der Waals surface area contributed by atoms with Gasteiger partial charge in [-0.1, -0.05) is 29.8 Å². The molecule has 0 aromatic heterocycles. The Balaban J connectivity index is 2.42. The highest BCUT2D eigenvalue weighted by Crippen LogP contribution is 2.32. The highest BCUT2D eigenvalue weighted by atomic mass is 16.6. The first-order chi connectivity index (χ1) is 8.44. The van der Waals surface area contributed by atoms with Crippen LogP contribution >= 0.6 is 0 Å². The number of nitrogens with zero attached hydrogens (tertiary/aromatic N) is 1. The molecule has 1 aliphatic rings. The predicted molar refractivity (Wildman–Crippen MR) is 71.4 cm³/mol. The van der Waals surface area contributed by atoms with Gasteiger partial charge in [-0.05, 0) is 36.6 Å². The Kier molecular flexibility index (Phi) is 3.05. The van der Waals surface area contributed by atoms with Crippen molar-refractivity contribution in [1.29, 1.82) is 0 Å². The van der Waals surface area contributed by atoms with E-state index in [0.717, 1.165) is 22.3 Å². The van der Waals surface area contributed by atoms with E-state index >= 15 is 0 Å². The summed E-state index contributed by atoms with van der Waals surface area (Å²) in [5.41, 5.74) is 8.54. The summed E-state index contributed by atoms with van der Waals surface area (Å²) < 4.78 is 0. The van der Waals surface area contributed by atoms with E-state index in [-0.39, 0.29) is 6.42 Å². The Morgan fingerprint density at radius 2 is 2.00 bits per heavy atom. The lowest BCUT2D eigenvalue weighted by atomic mass is 9.86. The van der Waals surface area contributed by atoms with Crippen LogP contribution in [0.25, 0.3) is 5.57 Å². The summed E-state index contributed by atoms with van der Waals surface area (Å²) in [5.74, 6) is 0. The Bertz CT molecular complexity index is 561. The van der Waals surface area contributed by atoms with Crippen molar-refractivity contribution in [3.63, 3.8) is 0 Å². The van der Waals surface area contributed by atoms with Crippen LogP contribution in [0, 0.1) is 17.0 Å². The number of allylic oxidation sites excluding steroid dienone is 2. The van der Waals surface area contributed by atoms with E-state index in [1.165, 1.54) is 6.08 Å². The normalized spacial score (nSPS) is 23.3. The molecule has 2 N–H and O–H groups in total. The molecule has 94 valence electrons. The van der Waals surface area contributed by atoms with Crippen molar-refractivity contribution in [2.75, 3.05) is 0 Å². The van der Waals surface area contributed by atoms with Crippen LogP contribution in [0.5, 0.6) is 0 Å². The second kappa shape index (κ2) is 4.38. The minimum atomic E-state index is -1.46. The molecule has 0 heterocycles. The number of benzene rings is 1. The van der Waals surface area contributed by atoms with E-state index in [9.17, 15) is 10.1 Å². The van der Waals surface area contributed by atoms with E-state index in [2.05, 4.69) is 0 Å². The van der Waals surface area contributed by atoms with Crippen molar-refractivity contribution >= 4 is 5.57 Å². The first kappa shape index (κ1) is 12.5. The molecule has 1 aromatic rings. The Hall–Kier alpha value is -1.94. The lowest BCUT2D eigenvalue weighted by Crippen LogP contribution is -2.47. The number of nitrogens with two attached hydrogens (primary N) is 1. The fourth-order valence-corrected chi connectivity index (χ4v) is 2.27. The molecule has 0 saturated heterocycles. The van der Waals surface area contributed by atoms with Gasteiger partial charge in [0.1, 0.15) is 0 Å². The van der Waals surface area contributed by atoms with Crippen LogP contribution in [0.1, 0.15) is 24.5 Å². The van der Waals surface area contributed by atoms with Crippen LogP contribution in [0.4, 0.5) is 0 Å². The zero-order valence-electron chi connectivity index (χ0n) is 10.5. The molecule has 4 nitrogen and oxygen atoms in total. The fourth-order valence-electron chi connectivity index (χ4n) is 2.27. The van der Waals surface area contributed by atoms with Crippen LogP contribution in [0.15, 0.2) is 42.0 Å². The fraction of sp³-hybridized carbons (Fsp3) is 0.286. The van der Waals surface area contributed by atoms with Gasteiger partial charge < -0.3 is 0 Å². The van der Waals surface area contributed by atoms with Crippen molar-refractivity contribution in [2.45, 2.75) is 25.9 Å².